The van der Waals surface area contributed by atoms with Gasteiger partial charge in [-0.2, -0.15) is 13.2 Å². The average molecular weight is 533 g/mol. The lowest BCUT2D eigenvalue weighted by Crippen LogP contribution is -2.52. The number of benzene rings is 1. The molecule has 194 valence electrons. The largest absolute Gasteiger partial charge is 0.493 e. The highest BCUT2D eigenvalue weighted by Gasteiger charge is 2.56. The maximum atomic E-state index is 14.6. The minimum absolute atomic E-state index is 0.0669. The number of aromatic nitrogens is 4. The van der Waals surface area contributed by atoms with E-state index in [1.807, 2.05) is 6.07 Å². The van der Waals surface area contributed by atoms with E-state index >= 15 is 0 Å². The third-order valence-electron chi connectivity index (χ3n) is 6.85. The molecular formula is C26H24ClF3N4O3. The molecule has 7 nitrogen and oxygen atoms in total. The van der Waals surface area contributed by atoms with E-state index in [0.717, 1.165) is 27.6 Å². The summed E-state index contributed by atoms with van der Waals surface area (Å²) in [5, 5.41) is 11.1. The van der Waals surface area contributed by atoms with Crippen LogP contribution in [0.1, 0.15) is 31.4 Å². The summed E-state index contributed by atoms with van der Waals surface area (Å²) >= 11 is 6.05. The molecule has 0 aliphatic carbocycles. The lowest BCUT2D eigenvalue weighted by Gasteiger charge is -2.39. The van der Waals surface area contributed by atoms with Crippen LogP contribution in [0.25, 0.3) is 22.2 Å². The smallest absolute Gasteiger partial charge is 0.418 e. The lowest BCUT2D eigenvalue weighted by molar-refractivity contribution is -0.271. The minimum atomic E-state index is -5.00. The molecule has 0 bridgehead atoms. The fraction of sp³-hybridized carbons (Fsp3) is 0.346. The molecule has 0 radical (unpaired) electrons. The molecule has 0 spiro atoms. The molecule has 1 aromatic carbocycles. The molecule has 3 aromatic heterocycles. The first-order chi connectivity index (χ1) is 17.4. The van der Waals surface area contributed by atoms with Gasteiger partial charge in [-0.05, 0) is 35.6 Å². The number of nitrogens with zero attached hydrogens (tertiary/aromatic N) is 3. The van der Waals surface area contributed by atoms with E-state index in [-0.39, 0.29) is 15.9 Å². The minimum Gasteiger partial charge on any atom is -0.493 e. The van der Waals surface area contributed by atoms with Gasteiger partial charge in [0.1, 0.15) is 10.8 Å². The first kappa shape index (κ1) is 25.3. The molecule has 0 saturated heterocycles. The highest BCUT2D eigenvalue weighted by atomic mass is 35.5. The Kier molecular flexibility index (Phi) is 6.07. The van der Waals surface area contributed by atoms with Crippen LogP contribution >= 0.6 is 11.6 Å². The summed E-state index contributed by atoms with van der Waals surface area (Å²) in [6.07, 6.45) is 1.85. The number of aromatic amines is 1. The number of hydrogen-bond donors (Lipinski definition) is 2. The molecule has 0 fully saturated rings. The van der Waals surface area contributed by atoms with Gasteiger partial charge in [-0.1, -0.05) is 25.4 Å². The maximum Gasteiger partial charge on any atom is 0.418 e. The van der Waals surface area contributed by atoms with Crippen LogP contribution in [0.3, 0.4) is 0 Å². The lowest BCUT2D eigenvalue weighted by atomic mass is 9.73. The van der Waals surface area contributed by atoms with Crippen molar-refractivity contribution in [2.24, 2.45) is 0 Å². The summed E-state index contributed by atoms with van der Waals surface area (Å²) in [6.45, 7) is 2.85. The van der Waals surface area contributed by atoms with Crippen molar-refractivity contribution < 1.29 is 23.0 Å². The summed E-state index contributed by atoms with van der Waals surface area (Å²) in [4.78, 5) is 23.4. The number of fused-ring (bicyclic) bond motifs is 2. The summed E-state index contributed by atoms with van der Waals surface area (Å²) in [6, 6.07) is 5.14. The van der Waals surface area contributed by atoms with Crippen molar-refractivity contribution in [3.05, 3.63) is 75.7 Å². The number of halogens is 4. The summed E-state index contributed by atoms with van der Waals surface area (Å²) in [5.41, 5.74) is -1.75. The fourth-order valence-corrected chi connectivity index (χ4v) is 5.29. The van der Waals surface area contributed by atoms with Crippen molar-refractivity contribution in [2.45, 2.75) is 50.4 Å². The number of pyridine rings is 2. The molecule has 0 amide bonds. The SMILES string of the molecule is CC(C)(CC(O)(Cn1cc(Cl)c(=O)c2cnccc21)C(F)(F)F)c1cc(-c2cnc[nH]2)cc2c1OCC2. The molecule has 5 rings (SSSR count). The van der Waals surface area contributed by atoms with Crippen molar-refractivity contribution in [1.29, 1.82) is 0 Å². The second kappa shape index (κ2) is 8.88. The normalized spacial score (nSPS) is 15.4. The highest BCUT2D eigenvalue weighted by Crippen LogP contribution is 2.47. The van der Waals surface area contributed by atoms with Crippen LogP contribution in [0, 0.1) is 0 Å². The molecule has 11 heteroatoms. The molecule has 1 aliphatic rings. The van der Waals surface area contributed by atoms with Gasteiger partial charge in [0.05, 0.1) is 42.3 Å². The zero-order chi connectivity index (χ0) is 26.6. The Bertz CT molecular complexity index is 1530. The number of hydrogen-bond acceptors (Lipinski definition) is 5. The molecular weight excluding hydrogens is 509 g/mol. The van der Waals surface area contributed by atoms with Gasteiger partial charge in [-0.25, -0.2) is 4.98 Å². The Morgan fingerprint density at radius 1 is 1.22 bits per heavy atom. The van der Waals surface area contributed by atoms with Crippen LogP contribution < -0.4 is 10.2 Å². The second-order valence-corrected chi connectivity index (χ2v) is 10.4. The summed E-state index contributed by atoms with van der Waals surface area (Å²) in [5.74, 6) is 0.542. The van der Waals surface area contributed by atoms with Crippen LogP contribution in [-0.4, -0.2) is 43.0 Å². The van der Waals surface area contributed by atoms with Crippen LogP contribution in [-0.2, 0) is 18.4 Å². The maximum absolute atomic E-state index is 14.6. The molecule has 1 unspecified atom stereocenters. The molecule has 37 heavy (non-hydrogen) atoms. The number of imidazole rings is 1. The molecule has 0 saturated carbocycles. The van der Waals surface area contributed by atoms with Gasteiger partial charge in [-0.3, -0.25) is 9.78 Å². The first-order valence-corrected chi connectivity index (χ1v) is 12.0. The van der Waals surface area contributed by atoms with Gasteiger partial charge in [0.2, 0.25) is 5.43 Å². The average Bonchev–Trinajstić information content (AvgIpc) is 3.53. The predicted octanol–water partition coefficient (Wildman–Crippen LogP) is 5.04. The van der Waals surface area contributed by atoms with Crippen molar-refractivity contribution in [2.75, 3.05) is 6.61 Å². The zero-order valence-corrected chi connectivity index (χ0v) is 20.8. The zero-order valence-electron chi connectivity index (χ0n) is 20.1. The van der Waals surface area contributed by atoms with Crippen LogP contribution in [0.2, 0.25) is 5.02 Å². The van der Waals surface area contributed by atoms with E-state index in [9.17, 15) is 23.1 Å². The van der Waals surface area contributed by atoms with Gasteiger partial charge < -0.3 is 19.4 Å². The van der Waals surface area contributed by atoms with Crippen LogP contribution in [0.5, 0.6) is 5.75 Å². The standard InChI is InChI=1S/C26H24ClF3N4O3/c1-24(2,18-8-16(20-10-32-14-33-20)7-15-4-6-37-23(15)18)12-25(36,26(28,29)30)13-34-11-19(27)22(35)17-9-31-5-3-21(17)34/h3,5,7-11,14,36H,4,6,12-13H2,1-2H3,(H,32,33). The Balaban J connectivity index is 1.60. The predicted molar refractivity (Wildman–Crippen MR) is 133 cm³/mol. The molecule has 4 aromatic rings. The number of H-pyrrole nitrogens is 1. The highest BCUT2D eigenvalue weighted by molar-refractivity contribution is 6.31. The van der Waals surface area contributed by atoms with Gasteiger partial charge in [0.25, 0.3) is 0 Å². The Labute approximate surface area is 214 Å². The quantitative estimate of drug-likeness (QED) is 0.363. The van der Waals surface area contributed by atoms with E-state index in [1.165, 1.54) is 24.8 Å². The molecule has 4 heterocycles. The first-order valence-electron chi connectivity index (χ1n) is 11.6. The van der Waals surface area contributed by atoms with Gasteiger partial charge in [-0.15, -0.1) is 0 Å². The van der Waals surface area contributed by atoms with Crippen molar-refractivity contribution in [1.82, 2.24) is 19.5 Å². The Hall–Kier alpha value is -3.37. The summed E-state index contributed by atoms with van der Waals surface area (Å²) < 4.78 is 50.7. The monoisotopic (exact) mass is 532 g/mol. The number of alkyl halides is 3. The van der Waals surface area contributed by atoms with E-state index < -0.39 is 35.6 Å². The molecule has 2 N–H and O–H groups in total. The molecule has 1 atom stereocenters. The topological polar surface area (TPSA) is 93.0 Å². The van der Waals surface area contributed by atoms with Crippen molar-refractivity contribution in [3.8, 4) is 17.0 Å². The van der Waals surface area contributed by atoms with Crippen molar-refractivity contribution in [3.63, 3.8) is 0 Å². The van der Waals surface area contributed by atoms with Crippen molar-refractivity contribution >= 4 is 22.5 Å². The van der Waals surface area contributed by atoms with E-state index in [2.05, 4.69) is 15.0 Å². The van der Waals surface area contributed by atoms with E-state index in [1.54, 1.807) is 26.1 Å². The second-order valence-electron chi connectivity index (χ2n) is 9.99. The number of rotatable bonds is 6. The Morgan fingerprint density at radius 2 is 2.00 bits per heavy atom. The van der Waals surface area contributed by atoms with E-state index in [4.69, 9.17) is 16.3 Å². The van der Waals surface area contributed by atoms with Crippen LogP contribution in [0.4, 0.5) is 13.2 Å². The number of ether oxygens (including phenoxy) is 1. The van der Waals surface area contributed by atoms with E-state index in [0.29, 0.717) is 24.3 Å². The van der Waals surface area contributed by atoms with Gasteiger partial charge in [0.15, 0.2) is 5.60 Å². The Morgan fingerprint density at radius 3 is 2.70 bits per heavy atom. The van der Waals surface area contributed by atoms with Gasteiger partial charge in [0, 0.05) is 36.1 Å². The third kappa shape index (κ3) is 4.48. The number of nitrogens with one attached hydrogen (secondary N) is 1. The van der Waals surface area contributed by atoms with Crippen LogP contribution in [0.15, 0.2) is 54.1 Å². The van der Waals surface area contributed by atoms with Gasteiger partial charge >= 0.3 is 6.18 Å². The number of aliphatic hydroxyl groups is 1. The fourth-order valence-electron chi connectivity index (χ4n) is 5.07. The third-order valence-corrected chi connectivity index (χ3v) is 7.12. The summed E-state index contributed by atoms with van der Waals surface area (Å²) in [7, 11) is 0. The molecule has 1 aliphatic heterocycles.